The lowest BCUT2D eigenvalue weighted by Crippen LogP contribution is -2.55. The Hall–Kier alpha value is -3.53. The van der Waals surface area contributed by atoms with Gasteiger partial charge in [-0.05, 0) is 49.2 Å². The number of carbonyl (C=O) groups excluding carboxylic acids is 1. The highest BCUT2D eigenvalue weighted by Crippen LogP contribution is 2.39. The van der Waals surface area contributed by atoms with Crippen LogP contribution in [-0.4, -0.2) is 17.4 Å². The van der Waals surface area contributed by atoms with E-state index in [1.165, 1.54) is 0 Å². The average Bonchev–Trinajstić information content (AvgIpc) is 2.76. The molecule has 0 aliphatic carbocycles. The minimum atomic E-state index is -0.732. The summed E-state index contributed by atoms with van der Waals surface area (Å²) in [5, 5.41) is 3.61. The first-order valence-corrected chi connectivity index (χ1v) is 10.1. The Morgan fingerprint density at radius 3 is 2.53 bits per heavy atom. The van der Waals surface area contributed by atoms with Crippen molar-refractivity contribution in [3.63, 3.8) is 0 Å². The minimum absolute atomic E-state index is 0.00367. The van der Waals surface area contributed by atoms with Crippen molar-refractivity contribution in [2.45, 2.75) is 26.1 Å². The monoisotopic (exact) mass is 398 g/mol. The Morgan fingerprint density at radius 1 is 1.03 bits per heavy atom. The zero-order valence-electron chi connectivity index (χ0n) is 17.4. The molecule has 0 fully saturated rings. The Morgan fingerprint density at radius 2 is 1.77 bits per heavy atom. The Balaban J connectivity index is 1.77. The largest absolute Gasteiger partial charge is 0.489 e. The van der Waals surface area contributed by atoms with Crippen molar-refractivity contribution < 1.29 is 9.53 Å². The number of hydrogen-bond donors (Lipinski definition) is 1. The zero-order valence-corrected chi connectivity index (χ0v) is 17.4. The molecule has 1 aliphatic rings. The van der Waals surface area contributed by atoms with Crippen molar-refractivity contribution in [2.24, 2.45) is 0 Å². The van der Waals surface area contributed by atoms with Gasteiger partial charge in [0, 0.05) is 17.8 Å². The molecule has 4 rings (SSSR count). The van der Waals surface area contributed by atoms with Gasteiger partial charge in [-0.25, -0.2) is 0 Å². The van der Waals surface area contributed by atoms with Crippen LogP contribution in [0.25, 0.3) is 0 Å². The SMILES string of the molecule is C=C(C)COc1cccc(C2(C)Nc3ccccc3C(=O)N2Cc2ccccc2)c1. The fraction of sp³-hybridized carbons (Fsp3) is 0.192. The number of nitrogens with zero attached hydrogens (tertiary/aromatic N) is 1. The lowest BCUT2D eigenvalue weighted by molar-refractivity contribution is 0.0508. The van der Waals surface area contributed by atoms with Crippen LogP contribution < -0.4 is 10.1 Å². The molecule has 0 radical (unpaired) electrons. The van der Waals surface area contributed by atoms with E-state index in [0.717, 1.165) is 28.1 Å². The first kappa shape index (κ1) is 19.8. The molecule has 1 aliphatic heterocycles. The first-order chi connectivity index (χ1) is 14.5. The number of carbonyl (C=O) groups is 1. The van der Waals surface area contributed by atoms with Gasteiger partial charge >= 0.3 is 0 Å². The molecule has 4 nitrogen and oxygen atoms in total. The van der Waals surface area contributed by atoms with Crippen LogP contribution in [-0.2, 0) is 12.2 Å². The smallest absolute Gasteiger partial charge is 0.258 e. The predicted octanol–water partition coefficient (Wildman–Crippen LogP) is 5.58. The van der Waals surface area contributed by atoms with Gasteiger partial charge in [-0.3, -0.25) is 4.79 Å². The van der Waals surface area contributed by atoms with E-state index in [4.69, 9.17) is 4.74 Å². The van der Waals surface area contributed by atoms with E-state index in [0.29, 0.717) is 18.7 Å². The minimum Gasteiger partial charge on any atom is -0.489 e. The maximum Gasteiger partial charge on any atom is 0.258 e. The van der Waals surface area contributed by atoms with E-state index in [1.807, 2.05) is 97.6 Å². The van der Waals surface area contributed by atoms with Gasteiger partial charge in [0.15, 0.2) is 0 Å². The molecule has 152 valence electrons. The Kier molecular flexibility index (Phi) is 5.32. The maximum atomic E-state index is 13.6. The molecule has 0 spiro atoms. The summed E-state index contributed by atoms with van der Waals surface area (Å²) in [6, 6.07) is 25.6. The maximum absolute atomic E-state index is 13.6. The van der Waals surface area contributed by atoms with Gasteiger partial charge in [-0.1, -0.05) is 61.2 Å². The van der Waals surface area contributed by atoms with Crippen LogP contribution in [0.15, 0.2) is 91.0 Å². The van der Waals surface area contributed by atoms with E-state index in [9.17, 15) is 4.79 Å². The molecule has 1 unspecified atom stereocenters. The average molecular weight is 399 g/mol. The normalized spacial score (nSPS) is 17.8. The number of para-hydroxylation sites is 1. The lowest BCUT2D eigenvalue weighted by Gasteiger charge is -2.47. The van der Waals surface area contributed by atoms with Gasteiger partial charge in [0.25, 0.3) is 5.91 Å². The molecule has 3 aromatic carbocycles. The van der Waals surface area contributed by atoms with Crippen LogP contribution >= 0.6 is 0 Å². The van der Waals surface area contributed by atoms with E-state index >= 15 is 0 Å². The third kappa shape index (κ3) is 3.81. The molecule has 1 N–H and O–H groups in total. The second-order valence-corrected chi connectivity index (χ2v) is 7.89. The summed E-state index contributed by atoms with van der Waals surface area (Å²) in [6.07, 6.45) is 0. The summed E-state index contributed by atoms with van der Waals surface area (Å²) in [5.41, 5.74) is 3.78. The third-order valence-electron chi connectivity index (χ3n) is 5.39. The third-order valence-corrected chi connectivity index (χ3v) is 5.39. The summed E-state index contributed by atoms with van der Waals surface area (Å²) in [5.74, 6) is 0.758. The van der Waals surface area contributed by atoms with E-state index < -0.39 is 5.66 Å². The first-order valence-electron chi connectivity index (χ1n) is 10.1. The second-order valence-electron chi connectivity index (χ2n) is 7.89. The number of rotatable bonds is 6. The van der Waals surface area contributed by atoms with E-state index in [-0.39, 0.29) is 5.91 Å². The van der Waals surface area contributed by atoms with Crippen molar-refractivity contribution in [3.05, 3.63) is 108 Å². The van der Waals surface area contributed by atoms with Gasteiger partial charge in [-0.2, -0.15) is 0 Å². The van der Waals surface area contributed by atoms with Crippen LogP contribution in [0.5, 0.6) is 5.75 Å². The fourth-order valence-corrected chi connectivity index (χ4v) is 3.78. The van der Waals surface area contributed by atoms with Crippen LogP contribution in [0.4, 0.5) is 5.69 Å². The van der Waals surface area contributed by atoms with Gasteiger partial charge in [0.1, 0.15) is 18.0 Å². The number of hydrogen-bond acceptors (Lipinski definition) is 3. The highest BCUT2D eigenvalue weighted by atomic mass is 16.5. The van der Waals surface area contributed by atoms with Gasteiger partial charge in [-0.15, -0.1) is 0 Å². The van der Waals surface area contributed by atoms with Crippen molar-refractivity contribution >= 4 is 11.6 Å². The molecular weight excluding hydrogens is 372 g/mol. The molecule has 3 aromatic rings. The van der Waals surface area contributed by atoms with Gasteiger partial charge in [0.05, 0.1) is 5.56 Å². The Bertz CT molecular complexity index is 1080. The highest BCUT2D eigenvalue weighted by molar-refractivity contribution is 6.02. The molecule has 0 saturated carbocycles. The van der Waals surface area contributed by atoms with E-state index in [1.54, 1.807) is 0 Å². The van der Waals surface area contributed by atoms with Crippen molar-refractivity contribution in [2.75, 3.05) is 11.9 Å². The predicted molar refractivity (Wildman–Crippen MR) is 120 cm³/mol. The summed E-state index contributed by atoms with van der Waals surface area (Å²) in [4.78, 5) is 15.4. The van der Waals surface area contributed by atoms with Gasteiger partial charge in [0.2, 0.25) is 0 Å². The number of fused-ring (bicyclic) bond motifs is 1. The standard InChI is InChI=1S/C26H26N2O2/c1-19(2)18-30-22-13-9-12-21(16-22)26(3)27-24-15-8-7-14-23(24)25(29)28(26)17-20-10-5-4-6-11-20/h4-16,27H,1,17-18H2,2-3H3. The van der Waals surface area contributed by atoms with Crippen LogP contribution in [0.1, 0.15) is 35.3 Å². The molecule has 0 aromatic heterocycles. The summed E-state index contributed by atoms with van der Waals surface area (Å²) < 4.78 is 5.86. The molecular formula is C26H26N2O2. The zero-order chi connectivity index (χ0) is 21.1. The lowest BCUT2D eigenvalue weighted by atomic mass is 9.92. The number of nitrogens with one attached hydrogen (secondary N) is 1. The summed E-state index contributed by atoms with van der Waals surface area (Å²) >= 11 is 0. The number of anilines is 1. The fourth-order valence-electron chi connectivity index (χ4n) is 3.78. The van der Waals surface area contributed by atoms with Crippen LogP contribution in [0, 0.1) is 0 Å². The Labute approximate surface area is 177 Å². The van der Waals surface area contributed by atoms with Gasteiger partial charge < -0.3 is 15.0 Å². The second kappa shape index (κ2) is 8.07. The van der Waals surface area contributed by atoms with E-state index in [2.05, 4.69) is 11.9 Å². The van der Waals surface area contributed by atoms with Crippen molar-refractivity contribution in [1.29, 1.82) is 0 Å². The van der Waals surface area contributed by atoms with Crippen molar-refractivity contribution in [1.82, 2.24) is 4.90 Å². The molecule has 0 bridgehead atoms. The summed E-state index contributed by atoms with van der Waals surface area (Å²) in [7, 11) is 0. The van der Waals surface area contributed by atoms with Crippen molar-refractivity contribution in [3.8, 4) is 5.75 Å². The molecule has 0 saturated heterocycles. The van der Waals surface area contributed by atoms with Crippen LogP contribution in [0.3, 0.4) is 0 Å². The topological polar surface area (TPSA) is 41.6 Å². The molecule has 1 heterocycles. The van der Waals surface area contributed by atoms with Crippen LogP contribution in [0.2, 0.25) is 0 Å². The molecule has 1 amide bonds. The number of ether oxygens (including phenoxy) is 1. The number of amides is 1. The highest BCUT2D eigenvalue weighted by Gasteiger charge is 2.42. The summed E-state index contributed by atoms with van der Waals surface area (Å²) in [6.45, 7) is 8.83. The molecule has 1 atom stereocenters. The quantitative estimate of drug-likeness (QED) is 0.551. The molecule has 30 heavy (non-hydrogen) atoms. The number of benzene rings is 3. The molecule has 4 heteroatoms.